The first-order valence-corrected chi connectivity index (χ1v) is 1.76. The number of carbonyl (C=O) groups is 1. The Bertz CT molecular complexity index is 56.2. The molecule has 2 N–H and O–H groups in total. The quantitative estimate of drug-likeness (QED) is 0.506. The van der Waals surface area contributed by atoms with Gasteiger partial charge in [-0.25, -0.2) is 0 Å². The van der Waals surface area contributed by atoms with Gasteiger partial charge < -0.3 is 17.6 Å². The van der Waals surface area contributed by atoms with Gasteiger partial charge in [-0.1, -0.05) is 0 Å². The van der Waals surface area contributed by atoms with E-state index in [4.69, 9.17) is 0 Å². The summed E-state index contributed by atoms with van der Waals surface area (Å²) in [6.45, 7) is 5.13. The van der Waals surface area contributed by atoms with Crippen LogP contribution in [0.2, 0.25) is 0 Å². The van der Waals surface area contributed by atoms with Gasteiger partial charge in [0.2, 0.25) is 0 Å². The molecule has 0 aromatic heterocycles. The third-order valence-electron chi connectivity index (χ3n) is 0.305. The van der Waals surface area contributed by atoms with Crippen LogP contribution in [0.1, 0.15) is 6.92 Å². The second-order valence-electron chi connectivity index (χ2n) is 0.805. The van der Waals surface area contributed by atoms with Crippen molar-refractivity contribution < 1.29 is 36.1 Å². The smallest absolute Gasteiger partial charge is 0.489 e. The van der Waals surface area contributed by atoms with Gasteiger partial charge in [-0.3, -0.25) is 11.7 Å². The van der Waals surface area contributed by atoms with Gasteiger partial charge in [-0.05, 0) is 6.92 Å². The van der Waals surface area contributed by atoms with E-state index in [1.165, 1.54) is 0 Å². The maximum atomic E-state index is 9.71. The minimum absolute atomic E-state index is 0. The van der Waals surface area contributed by atoms with Gasteiger partial charge in [0, 0.05) is 0 Å². The monoisotopic (exact) mass is 304 g/mol. The van der Waals surface area contributed by atoms with Crippen LogP contribution in [0, 0.1) is 14.4 Å². The van der Waals surface area contributed by atoms with E-state index in [1.807, 2.05) is 0 Å². The average Bonchev–Trinajstić information content (AvgIpc) is 1.35. The van der Waals surface area contributed by atoms with Gasteiger partial charge in [-0.2, -0.15) is 0 Å². The number of ether oxygens (including phenoxy) is 1. The molecule has 0 spiro atoms. The summed E-state index contributed by atoms with van der Waals surface area (Å²) in [7, 11) is 0. The van der Waals surface area contributed by atoms with E-state index in [9.17, 15) is 4.79 Å². The fraction of sp³-hybridized carbons (Fsp3) is 0.400. The van der Waals surface area contributed by atoms with Crippen LogP contribution in [0.4, 0.5) is 0 Å². The van der Waals surface area contributed by atoms with Crippen LogP contribution < -0.4 is 0 Å². The fourth-order valence-electron chi connectivity index (χ4n) is 0.161. The average molecular weight is 304 g/mol. The molecule has 0 saturated carbocycles. The third kappa shape index (κ3) is 32.1. The topological polar surface area (TPSA) is 57.8 Å². The van der Waals surface area contributed by atoms with Crippen molar-refractivity contribution in [3.8, 4) is 0 Å². The van der Waals surface area contributed by atoms with Crippen LogP contribution in [-0.4, -0.2) is 18.1 Å². The first-order valence-electron chi connectivity index (χ1n) is 1.76. The molecule has 0 heterocycles. The molecule has 0 amide bonds. The van der Waals surface area contributed by atoms with Crippen molar-refractivity contribution in [1.82, 2.24) is 0 Å². The second kappa shape index (κ2) is 15.7. The minimum Gasteiger partial charge on any atom is -0.489 e. The second-order valence-corrected chi connectivity index (χ2v) is 0.805. The first kappa shape index (κ1) is 23.1. The molecule has 0 rings (SSSR count). The molecular weight excluding hydrogens is 292 g/mol. The van der Waals surface area contributed by atoms with Crippen LogP contribution in [0.25, 0.3) is 0 Å². The van der Waals surface area contributed by atoms with E-state index in [-0.39, 0.29) is 34.0 Å². The zero-order chi connectivity index (χ0) is 4.99. The normalized spacial score (nSPS) is 5.00. The van der Waals surface area contributed by atoms with E-state index in [0.29, 0.717) is 6.61 Å². The Morgan fingerprint density at radius 1 is 1.67 bits per heavy atom. The van der Waals surface area contributed by atoms with E-state index in [1.54, 1.807) is 6.92 Å². The molecule has 0 aliphatic heterocycles. The Kier molecular flexibility index (Phi) is 40.2. The molecule has 0 aliphatic carbocycles. The number of esters is 1. The predicted molar refractivity (Wildman–Crippen MR) is 32.0 cm³/mol. The zero-order valence-corrected chi connectivity index (χ0v) is 8.57. The number of hydrogen-bond donors (Lipinski definition) is 0. The minimum atomic E-state index is -0.461. The molecule has 9 heavy (non-hydrogen) atoms. The molecule has 0 unspecified atom stereocenters. The van der Waals surface area contributed by atoms with Crippen LogP contribution in [0.3, 0.4) is 0 Å². The molecule has 0 aliphatic rings. The fourth-order valence-corrected chi connectivity index (χ4v) is 0.161. The van der Waals surface area contributed by atoms with Crippen molar-refractivity contribution in [2.45, 2.75) is 6.92 Å². The van der Waals surface area contributed by atoms with Crippen molar-refractivity contribution in [2.24, 2.45) is 0 Å². The van der Waals surface area contributed by atoms with Crippen molar-refractivity contribution >= 4 is 5.97 Å². The molecule has 56 valence electrons. The van der Waals surface area contributed by atoms with Gasteiger partial charge in [0.15, 0.2) is 5.97 Å². The van der Waals surface area contributed by atoms with Crippen molar-refractivity contribution in [3.05, 3.63) is 14.4 Å². The standard InChI is InChI=1S/C4H7O2.CH3.H2O.W/c1-3-6-4(2)5;;;/h2-3H2,1H3;1H3;1H2;/q2*-1;;+2. The SMILES string of the molecule is O.[CH2-]C(=O)OCC.[CH3-].[W+2]. The van der Waals surface area contributed by atoms with Gasteiger partial charge >= 0.3 is 21.1 Å². The van der Waals surface area contributed by atoms with Crippen LogP contribution in [0.5, 0.6) is 0 Å². The molecule has 0 atom stereocenters. The summed E-state index contributed by atoms with van der Waals surface area (Å²) < 4.78 is 4.29. The molecule has 0 aromatic carbocycles. The van der Waals surface area contributed by atoms with E-state index >= 15 is 0 Å². The van der Waals surface area contributed by atoms with Crippen LogP contribution in [-0.2, 0) is 30.6 Å². The Hall–Kier alpha value is -0.0117. The van der Waals surface area contributed by atoms with Crippen LogP contribution >= 0.6 is 0 Å². The van der Waals surface area contributed by atoms with E-state index < -0.39 is 5.97 Å². The predicted octanol–water partition coefficient (Wildman–Crippen LogP) is 0.00668. The Labute approximate surface area is 70.3 Å². The number of carbonyl (C=O) groups excluding carboxylic acids is 1. The Balaban J connectivity index is -0.0000000417. The summed E-state index contributed by atoms with van der Waals surface area (Å²) in [4.78, 5) is 9.71. The Morgan fingerprint density at radius 3 is 2.00 bits per heavy atom. The van der Waals surface area contributed by atoms with E-state index in [0.717, 1.165) is 0 Å². The van der Waals surface area contributed by atoms with Gasteiger partial charge in [0.25, 0.3) is 0 Å². The third-order valence-corrected chi connectivity index (χ3v) is 0.305. The van der Waals surface area contributed by atoms with E-state index in [2.05, 4.69) is 11.7 Å². The molecule has 0 bridgehead atoms. The van der Waals surface area contributed by atoms with Crippen LogP contribution in [0.15, 0.2) is 0 Å². The van der Waals surface area contributed by atoms with Gasteiger partial charge in [0.05, 0.1) is 6.61 Å². The van der Waals surface area contributed by atoms with Gasteiger partial charge in [0.1, 0.15) is 0 Å². The molecule has 0 radical (unpaired) electrons. The maximum Gasteiger partial charge on any atom is 2.00 e. The summed E-state index contributed by atoms with van der Waals surface area (Å²) in [5.41, 5.74) is 0. The molecule has 0 aromatic rings. The summed E-state index contributed by atoms with van der Waals surface area (Å²) >= 11 is 0. The largest absolute Gasteiger partial charge is 2.00 e. The van der Waals surface area contributed by atoms with Gasteiger partial charge in [-0.15, -0.1) is 0 Å². The van der Waals surface area contributed by atoms with Crippen molar-refractivity contribution in [1.29, 1.82) is 0 Å². The van der Waals surface area contributed by atoms with Crippen molar-refractivity contribution in [2.75, 3.05) is 6.61 Å². The molecular formula is C5H12O3W. The first-order chi connectivity index (χ1) is 2.77. The van der Waals surface area contributed by atoms with Crippen molar-refractivity contribution in [3.63, 3.8) is 0 Å². The molecule has 0 saturated heterocycles. The number of rotatable bonds is 1. The molecule has 3 nitrogen and oxygen atoms in total. The molecule has 4 heteroatoms. The summed E-state index contributed by atoms with van der Waals surface area (Å²) in [5.74, 6) is -0.461. The zero-order valence-electron chi connectivity index (χ0n) is 5.64. The summed E-state index contributed by atoms with van der Waals surface area (Å²) in [6, 6.07) is 0. The number of hydrogen-bond acceptors (Lipinski definition) is 2. The summed E-state index contributed by atoms with van der Waals surface area (Å²) in [5, 5.41) is 0. The molecule has 0 fully saturated rings. The summed E-state index contributed by atoms with van der Waals surface area (Å²) in [6.07, 6.45) is 0. The maximum absolute atomic E-state index is 9.71. The Morgan fingerprint density at radius 2 is 2.00 bits per heavy atom.